The number of nitrogens with zero attached hydrogens (tertiary/aromatic N) is 3. The van der Waals surface area contributed by atoms with Crippen LogP contribution in [0.2, 0.25) is 0 Å². The van der Waals surface area contributed by atoms with Gasteiger partial charge in [0, 0.05) is 32.4 Å². The molecule has 0 saturated carbocycles. The van der Waals surface area contributed by atoms with Gasteiger partial charge in [0.15, 0.2) is 0 Å². The molecule has 4 nitrogen and oxygen atoms in total. The molecule has 0 radical (unpaired) electrons. The highest BCUT2D eigenvalue weighted by molar-refractivity contribution is 5.78. The van der Waals surface area contributed by atoms with Crippen LogP contribution in [0, 0.1) is 11.7 Å². The first-order chi connectivity index (χ1) is 10.5. The zero-order chi connectivity index (χ0) is 16.1. The average Bonchev–Trinajstić information content (AvgIpc) is 2.90. The number of carbonyl (C=O) groups excluding carboxylic acids is 1. The molecular weight excluding hydrogens is 281 g/mol. The Labute approximate surface area is 130 Å². The Balaban J connectivity index is 1.89. The topological polar surface area (TPSA) is 38.1 Å². The van der Waals surface area contributed by atoms with Gasteiger partial charge in [0.2, 0.25) is 5.91 Å². The number of benzene rings is 1. The summed E-state index contributed by atoms with van der Waals surface area (Å²) in [4.78, 5) is 18.3. The summed E-state index contributed by atoms with van der Waals surface area (Å²) in [6, 6.07) is 6.71. The molecule has 1 atom stereocenters. The fourth-order valence-corrected chi connectivity index (χ4v) is 2.41. The Morgan fingerprint density at radius 3 is 2.77 bits per heavy atom. The molecule has 1 aromatic carbocycles. The standard InChI is InChI=1S/C17H22FN3O/c1-13(8-9-14-6-4-5-7-15(14)18)17(22)21(3)12-16-19-10-11-20(16)2/h4-7,10-11,13H,8-9,12H2,1-3H3/t13-/m1/s1. The van der Waals surface area contributed by atoms with Gasteiger partial charge in [0.05, 0.1) is 6.54 Å². The summed E-state index contributed by atoms with van der Waals surface area (Å²) >= 11 is 0. The lowest BCUT2D eigenvalue weighted by Gasteiger charge is -2.21. The second kappa shape index (κ2) is 7.20. The van der Waals surface area contributed by atoms with Crippen molar-refractivity contribution in [3.63, 3.8) is 0 Å². The number of aromatic nitrogens is 2. The normalized spacial score (nSPS) is 12.2. The number of hydrogen-bond acceptors (Lipinski definition) is 2. The predicted molar refractivity (Wildman–Crippen MR) is 83.6 cm³/mol. The minimum Gasteiger partial charge on any atom is -0.338 e. The van der Waals surface area contributed by atoms with E-state index in [1.54, 1.807) is 30.3 Å². The lowest BCUT2D eigenvalue weighted by atomic mass is 9.99. The maximum atomic E-state index is 13.6. The highest BCUT2D eigenvalue weighted by Crippen LogP contribution is 2.15. The third kappa shape index (κ3) is 3.93. The number of amides is 1. The van der Waals surface area contributed by atoms with E-state index in [2.05, 4.69) is 4.98 Å². The van der Waals surface area contributed by atoms with Crippen LogP contribution < -0.4 is 0 Å². The molecule has 2 aromatic rings. The monoisotopic (exact) mass is 303 g/mol. The van der Waals surface area contributed by atoms with Crippen LogP contribution in [0.5, 0.6) is 0 Å². The number of rotatable bonds is 6. The molecule has 0 unspecified atom stereocenters. The van der Waals surface area contributed by atoms with Gasteiger partial charge in [-0.2, -0.15) is 0 Å². The summed E-state index contributed by atoms with van der Waals surface area (Å²) in [5.74, 6) is 0.546. The van der Waals surface area contributed by atoms with Crippen LogP contribution in [0.3, 0.4) is 0 Å². The molecule has 1 heterocycles. The summed E-state index contributed by atoms with van der Waals surface area (Å²) in [5.41, 5.74) is 0.661. The van der Waals surface area contributed by atoms with Crippen molar-refractivity contribution >= 4 is 5.91 Å². The molecule has 0 spiro atoms. The molecule has 0 saturated heterocycles. The minimum atomic E-state index is -0.205. The molecule has 0 aliphatic rings. The van der Waals surface area contributed by atoms with Crippen molar-refractivity contribution in [1.29, 1.82) is 0 Å². The van der Waals surface area contributed by atoms with Gasteiger partial charge in [-0.15, -0.1) is 0 Å². The Bertz CT molecular complexity index is 638. The summed E-state index contributed by atoms with van der Waals surface area (Å²) in [6.45, 7) is 2.37. The molecule has 0 N–H and O–H groups in total. The summed E-state index contributed by atoms with van der Waals surface area (Å²) in [5, 5.41) is 0. The largest absolute Gasteiger partial charge is 0.338 e. The Kier molecular flexibility index (Phi) is 5.31. The van der Waals surface area contributed by atoms with E-state index < -0.39 is 0 Å². The van der Waals surface area contributed by atoms with E-state index in [0.29, 0.717) is 24.9 Å². The van der Waals surface area contributed by atoms with Crippen molar-refractivity contribution in [3.05, 3.63) is 53.9 Å². The molecule has 1 aromatic heterocycles. The third-order valence-electron chi connectivity index (χ3n) is 3.90. The Morgan fingerprint density at radius 1 is 1.41 bits per heavy atom. The number of imidazole rings is 1. The molecule has 0 aliphatic carbocycles. The fourth-order valence-electron chi connectivity index (χ4n) is 2.41. The van der Waals surface area contributed by atoms with E-state index in [1.807, 2.05) is 30.8 Å². The van der Waals surface area contributed by atoms with Crippen molar-refractivity contribution in [2.75, 3.05) is 7.05 Å². The summed E-state index contributed by atoms with van der Waals surface area (Å²) < 4.78 is 15.5. The van der Waals surface area contributed by atoms with E-state index in [9.17, 15) is 9.18 Å². The SMILES string of the molecule is C[C@H](CCc1ccccc1F)C(=O)N(C)Cc1nccn1C. The highest BCUT2D eigenvalue weighted by atomic mass is 19.1. The molecule has 0 aliphatic heterocycles. The van der Waals surface area contributed by atoms with Crippen LogP contribution in [0.1, 0.15) is 24.7 Å². The molecule has 118 valence electrons. The predicted octanol–water partition coefficient (Wildman–Crippen LogP) is 2.79. The lowest BCUT2D eigenvalue weighted by Crippen LogP contribution is -2.32. The van der Waals surface area contributed by atoms with Gasteiger partial charge < -0.3 is 9.47 Å². The van der Waals surface area contributed by atoms with Gasteiger partial charge in [-0.25, -0.2) is 9.37 Å². The smallest absolute Gasteiger partial charge is 0.225 e. The van der Waals surface area contributed by atoms with Crippen molar-refractivity contribution < 1.29 is 9.18 Å². The van der Waals surface area contributed by atoms with Gasteiger partial charge in [-0.3, -0.25) is 4.79 Å². The van der Waals surface area contributed by atoms with Crippen molar-refractivity contribution in [3.8, 4) is 0 Å². The first-order valence-electron chi connectivity index (χ1n) is 7.43. The quantitative estimate of drug-likeness (QED) is 0.823. The molecule has 22 heavy (non-hydrogen) atoms. The summed E-state index contributed by atoms with van der Waals surface area (Å²) in [7, 11) is 3.68. The number of hydrogen-bond donors (Lipinski definition) is 0. The maximum absolute atomic E-state index is 13.6. The van der Waals surface area contributed by atoms with Gasteiger partial charge in [0.25, 0.3) is 0 Å². The average molecular weight is 303 g/mol. The molecule has 1 amide bonds. The zero-order valence-electron chi connectivity index (χ0n) is 13.3. The number of aryl methyl sites for hydroxylation is 2. The van der Waals surface area contributed by atoms with Gasteiger partial charge in [0.1, 0.15) is 11.6 Å². The van der Waals surface area contributed by atoms with E-state index in [-0.39, 0.29) is 17.6 Å². The third-order valence-corrected chi connectivity index (χ3v) is 3.90. The van der Waals surface area contributed by atoms with Crippen molar-refractivity contribution in [2.24, 2.45) is 13.0 Å². The van der Waals surface area contributed by atoms with Gasteiger partial charge in [-0.05, 0) is 24.5 Å². The lowest BCUT2D eigenvalue weighted by molar-refractivity contribution is -0.134. The first kappa shape index (κ1) is 16.2. The Morgan fingerprint density at radius 2 is 2.14 bits per heavy atom. The van der Waals surface area contributed by atoms with Crippen molar-refractivity contribution in [1.82, 2.24) is 14.5 Å². The highest BCUT2D eigenvalue weighted by Gasteiger charge is 2.19. The number of carbonyl (C=O) groups is 1. The second-order valence-electron chi connectivity index (χ2n) is 5.68. The molecule has 0 bridgehead atoms. The molecule has 0 fully saturated rings. The van der Waals surface area contributed by atoms with E-state index in [1.165, 1.54) is 6.07 Å². The van der Waals surface area contributed by atoms with Crippen LogP contribution in [0.4, 0.5) is 4.39 Å². The molecule has 5 heteroatoms. The van der Waals surface area contributed by atoms with Crippen LogP contribution in [-0.2, 0) is 24.8 Å². The second-order valence-corrected chi connectivity index (χ2v) is 5.68. The van der Waals surface area contributed by atoms with Crippen LogP contribution in [0.25, 0.3) is 0 Å². The molecular formula is C17H22FN3O. The minimum absolute atomic E-state index is 0.0549. The van der Waals surface area contributed by atoms with Gasteiger partial charge in [-0.1, -0.05) is 25.1 Å². The fraction of sp³-hybridized carbons (Fsp3) is 0.412. The first-order valence-corrected chi connectivity index (χ1v) is 7.43. The number of halogens is 1. The van der Waals surface area contributed by atoms with E-state index in [0.717, 1.165) is 5.82 Å². The maximum Gasteiger partial charge on any atom is 0.225 e. The van der Waals surface area contributed by atoms with E-state index in [4.69, 9.17) is 0 Å². The van der Waals surface area contributed by atoms with Crippen LogP contribution >= 0.6 is 0 Å². The Hall–Kier alpha value is -2.17. The van der Waals surface area contributed by atoms with Gasteiger partial charge >= 0.3 is 0 Å². The van der Waals surface area contributed by atoms with Crippen LogP contribution in [-0.4, -0.2) is 27.4 Å². The molecule has 2 rings (SSSR count). The zero-order valence-corrected chi connectivity index (χ0v) is 13.3. The van der Waals surface area contributed by atoms with Crippen molar-refractivity contribution in [2.45, 2.75) is 26.3 Å². The summed E-state index contributed by atoms with van der Waals surface area (Å²) in [6.07, 6.45) is 4.77. The van der Waals surface area contributed by atoms with Crippen LogP contribution in [0.15, 0.2) is 36.7 Å². The van der Waals surface area contributed by atoms with E-state index >= 15 is 0 Å².